The predicted molar refractivity (Wildman–Crippen MR) is 79.1 cm³/mol. The lowest BCUT2D eigenvalue weighted by molar-refractivity contribution is -0.137. The van der Waals surface area contributed by atoms with Gasteiger partial charge in [-0.15, -0.1) is 0 Å². The number of carbonyl (C=O) groups excluding carboxylic acids is 1. The molecule has 2 aliphatic rings. The molecule has 0 atom stereocenters. The van der Waals surface area contributed by atoms with Crippen LogP contribution in [0, 0.1) is 5.92 Å². The van der Waals surface area contributed by atoms with E-state index < -0.39 is 0 Å². The Morgan fingerprint density at radius 1 is 1.00 bits per heavy atom. The zero-order valence-electron chi connectivity index (χ0n) is 12.7. The van der Waals surface area contributed by atoms with E-state index in [1.165, 1.54) is 45.2 Å². The van der Waals surface area contributed by atoms with Crippen molar-refractivity contribution in [3.05, 3.63) is 0 Å². The summed E-state index contributed by atoms with van der Waals surface area (Å²) >= 11 is 0. The fourth-order valence-corrected chi connectivity index (χ4v) is 3.63. The van der Waals surface area contributed by atoms with Crippen LogP contribution in [0.15, 0.2) is 0 Å². The molecule has 2 rings (SSSR count). The van der Waals surface area contributed by atoms with E-state index in [0.717, 1.165) is 32.0 Å². The highest BCUT2D eigenvalue weighted by Gasteiger charge is 2.29. The molecule has 3 nitrogen and oxygen atoms in total. The highest BCUT2D eigenvalue weighted by atomic mass is 16.2. The van der Waals surface area contributed by atoms with Gasteiger partial charge in [0, 0.05) is 25.0 Å². The zero-order valence-corrected chi connectivity index (χ0v) is 12.7. The van der Waals surface area contributed by atoms with Crippen molar-refractivity contribution in [1.82, 2.24) is 9.80 Å². The van der Waals surface area contributed by atoms with Crippen LogP contribution in [0.1, 0.15) is 58.8 Å². The first-order valence-electron chi connectivity index (χ1n) is 8.29. The first-order chi connectivity index (χ1) is 9.26. The Balaban J connectivity index is 1.79. The van der Waals surface area contributed by atoms with E-state index in [0.29, 0.717) is 5.91 Å². The molecule has 0 saturated carbocycles. The van der Waals surface area contributed by atoms with Gasteiger partial charge in [0.2, 0.25) is 5.91 Å². The van der Waals surface area contributed by atoms with Crippen molar-refractivity contribution in [2.24, 2.45) is 5.92 Å². The number of amides is 1. The first kappa shape index (κ1) is 14.8. The molecular weight excluding hydrogens is 236 g/mol. The first-order valence-corrected chi connectivity index (χ1v) is 8.29. The van der Waals surface area contributed by atoms with Crippen molar-refractivity contribution in [2.45, 2.75) is 64.8 Å². The largest absolute Gasteiger partial charge is 0.342 e. The van der Waals surface area contributed by atoms with Gasteiger partial charge in [0.05, 0.1) is 0 Å². The van der Waals surface area contributed by atoms with Gasteiger partial charge in [-0.3, -0.25) is 4.79 Å². The van der Waals surface area contributed by atoms with Crippen LogP contribution in [0.5, 0.6) is 0 Å². The number of nitrogens with zero attached hydrogens (tertiary/aromatic N) is 2. The van der Waals surface area contributed by atoms with Gasteiger partial charge in [0.25, 0.3) is 0 Å². The third-order valence-corrected chi connectivity index (χ3v) is 5.02. The van der Waals surface area contributed by atoms with E-state index in [1.807, 2.05) is 0 Å². The van der Waals surface area contributed by atoms with Crippen molar-refractivity contribution in [2.75, 3.05) is 26.2 Å². The third-order valence-electron chi connectivity index (χ3n) is 5.02. The van der Waals surface area contributed by atoms with Crippen molar-refractivity contribution in [3.63, 3.8) is 0 Å². The molecule has 0 aliphatic carbocycles. The fourth-order valence-electron chi connectivity index (χ4n) is 3.63. The van der Waals surface area contributed by atoms with E-state index in [1.54, 1.807) is 0 Å². The molecule has 110 valence electrons. The number of carbonyl (C=O) groups is 1. The summed E-state index contributed by atoms with van der Waals surface area (Å²) in [6, 6.07) is 0.742. The second kappa shape index (κ2) is 7.28. The molecule has 1 amide bonds. The van der Waals surface area contributed by atoms with Crippen LogP contribution in [0.3, 0.4) is 0 Å². The van der Waals surface area contributed by atoms with E-state index in [-0.39, 0.29) is 5.92 Å². The number of rotatable bonds is 4. The molecule has 0 aromatic carbocycles. The van der Waals surface area contributed by atoms with Gasteiger partial charge in [0.1, 0.15) is 0 Å². The Labute approximate surface area is 118 Å². The number of hydrogen-bond acceptors (Lipinski definition) is 2. The Hall–Kier alpha value is -0.570. The summed E-state index contributed by atoms with van der Waals surface area (Å²) in [6.45, 7) is 8.79. The molecule has 0 spiro atoms. The molecule has 19 heavy (non-hydrogen) atoms. The number of hydrogen-bond donors (Lipinski definition) is 0. The Bertz CT molecular complexity index is 274. The maximum absolute atomic E-state index is 12.4. The van der Waals surface area contributed by atoms with Crippen molar-refractivity contribution in [3.8, 4) is 0 Å². The minimum Gasteiger partial charge on any atom is -0.342 e. The highest BCUT2D eigenvalue weighted by molar-refractivity contribution is 5.78. The normalized spacial score (nSPS) is 23.0. The number of likely N-dealkylation sites (tertiary alicyclic amines) is 2. The monoisotopic (exact) mass is 266 g/mol. The van der Waals surface area contributed by atoms with Crippen LogP contribution < -0.4 is 0 Å². The van der Waals surface area contributed by atoms with Crippen molar-refractivity contribution < 1.29 is 4.79 Å². The van der Waals surface area contributed by atoms with Crippen LogP contribution in [-0.2, 0) is 4.79 Å². The predicted octanol–water partition coefficient (Wildman–Crippen LogP) is 2.90. The Kier molecular flexibility index (Phi) is 5.68. The van der Waals surface area contributed by atoms with Gasteiger partial charge in [0.15, 0.2) is 0 Å². The lowest BCUT2D eigenvalue weighted by atomic mass is 9.97. The van der Waals surface area contributed by atoms with Gasteiger partial charge in [-0.25, -0.2) is 0 Å². The summed E-state index contributed by atoms with van der Waals surface area (Å²) < 4.78 is 0. The average molecular weight is 266 g/mol. The van der Waals surface area contributed by atoms with Gasteiger partial charge in [-0.05, 0) is 51.6 Å². The second-order valence-corrected chi connectivity index (χ2v) is 6.17. The molecule has 0 radical (unpaired) electrons. The van der Waals surface area contributed by atoms with Crippen LogP contribution in [-0.4, -0.2) is 47.9 Å². The van der Waals surface area contributed by atoms with Gasteiger partial charge >= 0.3 is 0 Å². The molecule has 0 unspecified atom stereocenters. The summed E-state index contributed by atoms with van der Waals surface area (Å²) in [5.41, 5.74) is 0. The lowest BCUT2D eigenvalue weighted by Crippen LogP contribution is -2.49. The van der Waals surface area contributed by atoms with Crippen LogP contribution in [0.25, 0.3) is 0 Å². The van der Waals surface area contributed by atoms with Gasteiger partial charge in [-0.1, -0.05) is 20.3 Å². The number of piperidine rings is 2. The zero-order chi connectivity index (χ0) is 13.7. The fraction of sp³-hybridized carbons (Fsp3) is 0.938. The molecule has 2 aliphatic heterocycles. The molecule has 2 saturated heterocycles. The Morgan fingerprint density at radius 2 is 1.58 bits per heavy atom. The maximum atomic E-state index is 12.4. The quantitative estimate of drug-likeness (QED) is 0.781. The standard InChI is InChI=1S/C16H30N2O/c1-3-14(4-2)16(19)18-12-8-15(9-13-18)17-10-6-5-7-11-17/h14-15H,3-13H2,1-2H3. The molecule has 0 N–H and O–H groups in total. The van der Waals surface area contributed by atoms with E-state index in [4.69, 9.17) is 0 Å². The molecule has 0 aromatic rings. The highest BCUT2D eigenvalue weighted by Crippen LogP contribution is 2.22. The molecule has 2 fully saturated rings. The lowest BCUT2D eigenvalue weighted by Gasteiger charge is -2.41. The second-order valence-electron chi connectivity index (χ2n) is 6.17. The minimum absolute atomic E-state index is 0.256. The molecule has 0 aromatic heterocycles. The maximum Gasteiger partial charge on any atom is 0.225 e. The molecule has 2 heterocycles. The molecule has 3 heteroatoms. The Morgan fingerprint density at radius 3 is 2.11 bits per heavy atom. The summed E-state index contributed by atoms with van der Waals surface area (Å²) in [7, 11) is 0. The summed E-state index contributed by atoms with van der Waals surface area (Å²) in [4.78, 5) is 17.1. The third kappa shape index (κ3) is 3.71. The van der Waals surface area contributed by atoms with E-state index in [2.05, 4.69) is 23.6 Å². The smallest absolute Gasteiger partial charge is 0.225 e. The summed E-state index contributed by atoms with van der Waals surface area (Å²) in [5.74, 6) is 0.661. The van der Waals surface area contributed by atoms with Crippen molar-refractivity contribution >= 4 is 5.91 Å². The van der Waals surface area contributed by atoms with E-state index in [9.17, 15) is 4.79 Å². The molecule has 0 bridgehead atoms. The molecular formula is C16H30N2O. The topological polar surface area (TPSA) is 23.6 Å². The van der Waals surface area contributed by atoms with Gasteiger partial charge in [-0.2, -0.15) is 0 Å². The van der Waals surface area contributed by atoms with Gasteiger partial charge < -0.3 is 9.80 Å². The van der Waals surface area contributed by atoms with Crippen LogP contribution >= 0.6 is 0 Å². The van der Waals surface area contributed by atoms with Crippen molar-refractivity contribution in [1.29, 1.82) is 0 Å². The van der Waals surface area contributed by atoms with Crippen LogP contribution in [0.2, 0.25) is 0 Å². The summed E-state index contributed by atoms with van der Waals surface area (Å²) in [5, 5.41) is 0. The summed E-state index contributed by atoms with van der Waals surface area (Å²) in [6.07, 6.45) is 8.49. The van der Waals surface area contributed by atoms with Crippen LogP contribution in [0.4, 0.5) is 0 Å². The minimum atomic E-state index is 0.256. The average Bonchev–Trinajstić information content (AvgIpc) is 2.49. The SMILES string of the molecule is CCC(CC)C(=O)N1CCC(N2CCCCC2)CC1. The van der Waals surface area contributed by atoms with E-state index >= 15 is 0 Å².